The van der Waals surface area contributed by atoms with E-state index in [4.69, 9.17) is 14.5 Å². The van der Waals surface area contributed by atoms with E-state index in [1.165, 1.54) is 16.0 Å². The fourth-order valence-electron chi connectivity index (χ4n) is 3.56. The van der Waals surface area contributed by atoms with Gasteiger partial charge in [0.05, 0.1) is 24.9 Å². The minimum Gasteiger partial charge on any atom is -0.493 e. The van der Waals surface area contributed by atoms with E-state index >= 15 is 0 Å². The Labute approximate surface area is 194 Å². The van der Waals surface area contributed by atoms with E-state index in [1.807, 2.05) is 0 Å². The van der Waals surface area contributed by atoms with Crippen molar-refractivity contribution in [3.05, 3.63) is 38.8 Å². The number of methoxy groups -OCH3 is 2. The molecule has 0 saturated carbocycles. The van der Waals surface area contributed by atoms with Crippen molar-refractivity contribution in [1.29, 1.82) is 0 Å². The van der Waals surface area contributed by atoms with Gasteiger partial charge in [-0.25, -0.2) is 4.98 Å². The molecule has 0 radical (unpaired) electrons. The molecule has 1 aromatic heterocycles. The zero-order valence-electron chi connectivity index (χ0n) is 17.9. The summed E-state index contributed by atoms with van der Waals surface area (Å²) in [6, 6.07) is 4.19. The molecule has 0 unspecified atom stereocenters. The second-order valence-electron chi connectivity index (χ2n) is 6.87. The van der Waals surface area contributed by atoms with Gasteiger partial charge in [-0.3, -0.25) is 4.99 Å². The number of aliphatic imine (C=N–C) groups is 1. The zero-order chi connectivity index (χ0) is 20.1. The lowest BCUT2D eigenvalue weighted by atomic mass is 9.99. The monoisotopic (exact) mass is 530 g/mol. The molecule has 1 aliphatic heterocycles. The van der Waals surface area contributed by atoms with Crippen molar-refractivity contribution < 1.29 is 9.47 Å². The Kier molecular flexibility index (Phi) is 9.01. The van der Waals surface area contributed by atoms with Gasteiger partial charge in [-0.1, -0.05) is 0 Å². The van der Waals surface area contributed by atoms with Crippen LogP contribution in [0.4, 0.5) is 0 Å². The fraction of sp³-hybridized carbons (Fsp3) is 0.524. The van der Waals surface area contributed by atoms with Gasteiger partial charge in [0.15, 0.2) is 17.5 Å². The van der Waals surface area contributed by atoms with E-state index in [0.29, 0.717) is 0 Å². The van der Waals surface area contributed by atoms with E-state index in [2.05, 4.69) is 48.1 Å². The van der Waals surface area contributed by atoms with E-state index in [9.17, 15) is 0 Å². The van der Waals surface area contributed by atoms with Crippen LogP contribution in [-0.2, 0) is 19.4 Å². The Balaban J connectivity index is 0.00000300. The standard InChI is InChI=1S/C21H30N4O2S.HI/c1-6-22-21(23-9-7-20-14(2)24-15(3)28-20)25-10-8-16-11-18(26-4)19(27-5)12-17(16)13-25;/h11-12H,6-10,13H2,1-5H3,(H,22,23);1H. The molecule has 8 heteroatoms. The van der Waals surface area contributed by atoms with Gasteiger partial charge >= 0.3 is 0 Å². The number of aromatic nitrogens is 1. The fourth-order valence-corrected chi connectivity index (χ4v) is 4.48. The Hall–Kier alpha value is -1.55. The summed E-state index contributed by atoms with van der Waals surface area (Å²) in [5, 5.41) is 4.57. The van der Waals surface area contributed by atoms with Crippen LogP contribution in [-0.4, -0.2) is 49.7 Å². The third-order valence-electron chi connectivity index (χ3n) is 4.95. The molecule has 160 valence electrons. The minimum atomic E-state index is 0. The number of nitrogens with one attached hydrogen (secondary N) is 1. The highest BCUT2D eigenvalue weighted by molar-refractivity contribution is 14.0. The Morgan fingerprint density at radius 1 is 1.21 bits per heavy atom. The third-order valence-corrected chi connectivity index (χ3v) is 6.09. The molecule has 0 amide bonds. The van der Waals surface area contributed by atoms with Gasteiger partial charge in [-0.05, 0) is 50.5 Å². The van der Waals surface area contributed by atoms with Crippen LogP contribution >= 0.6 is 35.3 Å². The maximum absolute atomic E-state index is 5.48. The number of fused-ring (bicyclic) bond motifs is 1. The Morgan fingerprint density at radius 3 is 2.48 bits per heavy atom. The van der Waals surface area contributed by atoms with Crippen LogP contribution < -0.4 is 14.8 Å². The molecular weight excluding hydrogens is 499 g/mol. The molecule has 6 nitrogen and oxygen atoms in total. The summed E-state index contributed by atoms with van der Waals surface area (Å²) in [6.07, 6.45) is 1.90. The molecule has 3 rings (SSSR count). The Morgan fingerprint density at radius 2 is 1.90 bits per heavy atom. The maximum Gasteiger partial charge on any atom is 0.194 e. The van der Waals surface area contributed by atoms with Crippen LogP contribution in [0.2, 0.25) is 0 Å². The molecule has 1 aromatic carbocycles. The van der Waals surface area contributed by atoms with Crippen molar-refractivity contribution in [2.24, 2.45) is 4.99 Å². The van der Waals surface area contributed by atoms with Crippen LogP contribution in [0.25, 0.3) is 0 Å². The van der Waals surface area contributed by atoms with Crippen LogP contribution in [0, 0.1) is 13.8 Å². The summed E-state index contributed by atoms with van der Waals surface area (Å²) in [4.78, 5) is 13.1. The highest BCUT2D eigenvalue weighted by Gasteiger charge is 2.21. The summed E-state index contributed by atoms with van der Waals surface area (Å²) in [6.45, 7) is 9.62. The predicted octanol–water partition coefficient (Wildman–Crippen LogP) is 3.96. The first-order chi connectivity index (χ1) is 13.5. The number of ether oxygens (including phenoxy) is 2. The summed E-state index contributed by atoms with van der Waals surface area (Å²) in [5.74, 6) is 2.55. The molecule has 29 heavy (non-hydrogen) atoms. The second kappa shape index (κ2) is 11.0. The summed E-state index contributed by atoms with van der Waals surface area (Å²) in [7, 11) is 3.36. The average Bonchev–Trinajstić information content (AvgIpc) is 3.02. The van der Waals surface area contributed by atoms with E-state index in [-0.39, 0.29) is 24.0 Å². The molecule has 0 aliphatic carbocycles. The van der Waals surface area contributed by atoms with Crippen molar-refractivity contribution in [1.82, 2.24) is 15.2 Å². The predicted molar refractivity (Wildman–Crippen MR) is 130 cm³/mol. The van der Waals surface area contributed by atoms with Crippen molar-refractivity contribution >= 4 is 41.3 Å². The molecule has 2 aromatic rings. The minimum absolute atomic E-state index is 0. The normalized spacial score (nSPS) is 13.6. The van der Waals surface area contributed by atoms with E-state index in [1.54, 1.807) is 25.6 Å². The topological polar surface area (TPSA) is 59.0 Å². The van der Waals surface area contributed by atoms with Crippen molar-refractivity contribution in [2.45, 2.75) is 40.2 Å². The van der Waals surface area contributed by atoms with Gasteiger partial charge in [-0.15, -0.1) is 35.3 Å². The first-order valence-electron chi connectivity index (χ1n) is 9.75. The van der Waals surface area contributed by atoms with Gasteiger partial charge < -0.3 is 19.7 Å². The summed E-state index contributed by atoms with van der Waals surface area (Å²) >= 11 is 1.77. The number of guanidine groups is 1. The quantitative estimate of drug-likeness (QED) is 0.348. The first-order valence-corrected chi connectivity index (χ1v) is 10.6. The third kappa shape index (κ3) is 5.75. The lowest BCUT2D eigenvalue weighted by molar-refractivity contribution is 0.346. The molecule has 0 bridgehead atoms. The second-order valence-corrected chi connectivity index (χ2v) is 8.16. The van der Waals surface area contributed by atoms with Crippen LogP contribution in [0.3, 0.4) is 0 Å². The number of thiazole rings is 1. The number of benzene rings is 1. The highest BCUT2D eigenvalue weighted by Crippen LogP contribution is 2.33. The zero-order valence-corrected chi connectivity index (χ0v) is 21.0. The van der Waals surface area contributed by atoms with Gasteiger partial charge in [-0.2, -0.15) is 0 Å². The molecule has 1 N–H and O–H groups in total. The first kappa shape index (κ1) is 23.7. The van der Waals surface area contributed by atoms with Gasteiger partial charge in [0.1, 0.15) is 0 Å². The lowest BCUT2D eigenvalue weighted by Crippen LogP contribution is -2.44. The van der Waals surface area contributed by atoms with E-state index < -0.39 is 0 Å². The van der Waals surface area contributed by atoms with Crippen molar-refractivity contribution in [3.63, 3.8) is 0 Å². The van der Waals surface area contributed by atoms with Crippen LogP contribution in [0.5, 0.6) is 11.5 Å². The number of hydrogen-bond acceptors (Lipinski definition) is 5. The smallest absolute Gasteiger partial charge is 0.194 e. The van der Waals surface area contributed by atoms with Gasteiger partial charge in [0.2, 0.25) is 0 Å². The number of hydrogen-bond donors (Lipinski definition) is 1. The highest BCUT2D eigenvalue weighted by atomic mass is 127. The molecule has 2 heterocycles. The molecular formula is C21H31IN4O2S. The van der Waals surface area contributed by atoms with Gasteiger partial charge in [0.25, 0.3) is 0 Å². The van der Waals surface area contributed by atoms with Crippen molar-refractivity contribution in [2.75, 3.05) is 33.9 Å². The van der Waals surface area contributed by atoms with Crippen LogP contribution in [0.1, 0.15) is 33.6 Å². The number of aryl methyl sites for hydroxylation is 2. The molecule has 0 saturated heterocycles. The largest absolute Gasteiger partial charge is 0.493 e. The number of nitrogens with zero attached hydrogens (tertiary/aromatic N) is 3. The van der Waals surface area contributed by atoms with Gasteiger partial charge in [0, 0.05) is 37.5 Å². The average molecular weight is 530 g/mol. The molecule has 1 aliphatic rings. The van der Waals surface area contributed by atoms with Crippen molar-refractivity contribution in [3.8, 4) is 11.5 Å². The van der Waals surface area contributed by atoms with Crippen LogP contribution in [0.15, 0.2) is 17.1 Å². The molecule has 0 fully saturated rings. The number of halogens is 1. The summed E-state index contributed by atoms with van der Waals surface area (Å²) in [5.41, 5.74) is 3.72. The molecule has 0 atom stereocenters. The van der Waals surface area contributed by atoms with E-state index in [0.717, 1.165) is 67.2 Å². The number of rotatable bonds is 6. The lowest BCUT2D eigenvalue weighted by Gasteiger charge is -2.32. The SMILES string of the molecule is CCNC(=NCCc1sc(C)nc1C)N1CCc2cc(OC)c(OC)cc2C1.I. The summed E-state index contributed by atoms with van der Waals surface area (Å²) < 4.78 is 10.9. The Bertz CT molecular complexity index is 853. The molecule has 0 spiro atoms. The maximum atomic E-state index is 5.48.